The molecule has 1 aromatic carbocycles. The van der Waals surface area contributed by atoms with Crippen molar-refractivity contribution in [3.05, 3.63) is 35.4 Å². The Morgan fingerprint density at radius 3 is 2.62 bits per heavy atom. The largest absolute Gasteiger partial charge is 0.496 e. The molecule has 0 aromatic heterocycles. The van der Waals surface area contributed by atoms with Gasteiger partial charge in [0.2, 0.25) is 0 Å². The molecule has 1 rings (SSSR count). The summed E-state index contributed by atoms with van der Waals surface area (Å²) < 4.78 is 10.3. The zero-order chi connectivity index (χ0) is 18.2. The minimum atomic E-state index is -1.05. The number of carbonyl (C=O) groups excluding carboxylic acids is 1. The number of benzene rings is 1. The molecule has 0 unspecified atom stereocenters. The highest BCUT2D eigenvalue weighted by molar-refractivity contribution is 5.86. The molecule has 0 radical (unpaired) electrons. The Hall–Kier alpha value is -2.94. The van der Waals surface area contributed by atoms with Gasteiger partial charge in [-0.3, -0.25) is 0 Å². The van der Waals surface area contributed by atoms with Crippen LogP contribution in [0.25, 0.3) is 6.08 Å². The molecule has 0 aliphatic heterocycles. The average Bonchev–Trinajstić information content (AvgIpc) is 2.47. The zero-order valence-corrected chi connectivity index (χ0v) is 14.2. The first-order valence-corrected chi connectivity index (χ1v) is 7.26. The normalized spacial score (nSPS) is 10.7. The third kappa shape index (κ3) is 7.36. The first kappa shape index (κ1) is 19.1. The van der Waals surface area contributed by atoms with E-state index in [1.165, 1.54) is 13.2 Å². The number of carbonyl (C=O) groups is 2. The summed E-state index contributed by atoms with van der Waals surface area (Å²) in [5.41, 5.74) is 0.720. The topological polar surface area (TPSA) is 84.9 Å². The molecule has 6 heteroatoms. The van der Waals surface area contributed by atoms with Crippen molar-refractivity contribution in [3.63, 3.8) is 0 Å². The minimum Gasteiger partial charge on any atom is -0.496 e. The predicted molar refractivity (Wildman–Crippen MR) is 90.8 cm³/mol. The van der Waals surface area contributed by atoms with Crippen molar-refractivity contribution in [2.75, 3.05) is 13.7 Å². The van der Waals surface area contributed by atoms with E-state index in [2.05, 4.69) is 17.2 Å². The fourth-order valence-corrected chi connectivity index (χ4v) is 1.68. The third-order valence-corrected chi connectivity index (χ3v) is 2.59. The molecule has 24 heavy (non-hydrogen) atoms. The van der Waals surface area contributed by atoms with Crippen molar-refractivity contribution in [1.29, 1.82) is 0 Å². The molecule has 0 fully saturated rings. The lowest BCUT2D eigenvalue weighted by Gasteiger charge is -2.19. The van der Waals surface area contributed by atoms with E-state index in [9.17, 15) is 9.59 Å². The highest BCUT2D eigenvalue weighted by Gasteiger charge is 2.14. The van der Waals surface area contributed by atoms with Gasteiger partial charge in [0.25, 0.3) is 0 Å². The maximum absolute atomic E-state index is 11.5. The van der Waals surface area contributed by atoms with Crippen molar-refractivity contribution >= 4 is 18.1 Å². The molecular weight excluding hydrogens is 310 g/mol. The highest BCUT2D eigenvalue weighted by atomic mass is 16.6. The number of rotatable bonds is 4. The molecule has 1 aromatic rings. The van der Waals surface area contributed by atoms with Crippen molar-refractivity contribution < 1.29 is 24.2 Å². The van der Waals surface area contributed by atoms with Gasteiger partial charge in [0.15, 0.2) is 0 Å². The third-order valence-electron chi connectivity index (χ3n) is 2.59. The summed E-state index contributed by atoms with van der Waals surface area (Å²) in [6, 6.07) is 5.16. The lowest BCUT2D eigenvalue weighted by Crippen LogP contribution is -2.32. The van der Waals surface area contributed by atoms with Gasteiger partial charge in [-0.2, -0.15) is 0 Å². The Morgan fingerprint density at radius 2 is 2.04 bits per heavy atom. The van der Waals surface area contributed by atoms with Crippen LogP contribution in [0.2, 0.25) is 0 Å². The van der Waals surface area contributed by atoms with Crippen LogP contribution >= 0.6 is 0 Å². The average molecular weight is 331 g/mol. The number of carboxylic acid groups (broad SMARTS) is 1. The summed E-state index contributed by atoms with van der Waals surface area (Å²) in [7, 11) is 1.50. The molecule has 0 spiro atoms. The molecule has 0 saturated carbocycles. The van der Waals surface area contributed by atoms with Crippen LogP contribution < -0.4 is 10.1 Å². The van der Waals surface area contributed by atoms with Gasteiger partial charge >= 0.3 is 12.1 Å². The SMILES string of the molecule is COc1ccc(C#CCNC(=O)OC(C)(C)C)cc1/C=C/C(=O)O. The van der Waals surface area contributed by atoms with Crippen LogP contribution in [0, 0.1) is 11.8 Å². The number of carboxylic acids is 1. The van der Waals surface area contributed by atoms with Crippen molar-refractivity contribution in [2.24, 2.45) is 0 Å². The van der Waals surface area contributed by atoms with E-state index >= 15 is 0 Å². The van der Waals surface area contributed by atoms with Gasteiger partial charge in [-0.1, -0.05) is 11.8 Å². The summed E-state index contributed by atoms with van der Waals surface area (Å²) in [5.74, 6) is 5.19. The summed E-state index contributed by atoms with van der Waals surface area (Å²) in [6.45, 7) is 5.48. The Bertz CT molecular complexity index is 690. The van der Waals surface area contributed by atoms with E-state index in [0.717, 1.165) is 6.08 Å². The summed E-state index contributed by atoms with van der Waals surface area (Å²) >= 11 is 0. The summed E-state index contributed by atoms with van der Waals surface area (Å²) in [6.07, 6.45) is 1.93. The molecule has 0 atom stereocenters. The van der Waals surface area contributed by atoms with Gasteiger partial charge in [-0.05, 0) is 45.0 Å². The molecule has 6 nitrogen and oxygen atoms in total. The van der Waals surface area contributed by atoms with Crippen LogP contribution in [0.5, 0.6) is 5.75 Å². The van der Waals surface area contributed by atoms with E-state index < -0.39 is 17.7 Å². The van der Waals surface area contributed by atoms with Gasteiger partial charge < -0.3 is 19.9 Å². The van der Waals surface area contributed by atoms with Crippen LogP contribution in [-0.4, -0.2) is 36.4 Å². The second-order valence-corrected chi connectivity index (χ2v) is 5.79. The number of hydrogen-bond acceptors (Lipinski definition) is 4. The first-order valence-electron chi connectivity index (χ1n) is 7.26. The fraction of sp³-hybridized carbons (Fsp3) is 0.333. The Morgan fingerprint density at radius 1 is 1.33 bits per heavy atom. The fourth-order valence-electron chi connectivity index (χ4n) is 1.68. The molecule has 0 aliphatic carbocycles. The second kappa shape index (κ2) is 8.63. The van der Waals surface area contributed by atoms with Crippen molar-refractivity contribution in [3.8, 4) is 17.6 Å². The predicted octanol–water partition coefficient (Wildman–Crippen LogP) is 2.67. The molecule has 128 valence electrons. The molecule has 0 heterocycles. The molecule has 0 bridgehead atoms. The van der Waals surface area contributed by atoms with E-state index in [1.54, 1.807) is 39.0 Å². The van der Waals surface area contributed by atoms with Crippen LogP contribution in [0.4, 0.5) is 4.79 Å². The van der Waals surface area contributed by atoms with Crippen LogP contribution in [0.3, 0.4) is 0 Å². The molecule has 0 saturated heterocycles. The Balaban J connectivity index is 2.74. The Labute approximate surface area is 141 Å². The number of ether oxygens (including phenoxy) is 2. The maximum Gasteiger partial charge on any atom is 0.408 e. The second-order valence-electron chi connectivity index (χ2n) is 5.79. The molecule has 0 aliphatic rings. The van der Waals surface area contributed by atoms with Gasteiger partial charge in [0.05, 0.1) is 13.7 Å². The molecule has 2 N–H and O–H groups in total. The van der Waals surface area contributed by atoms with E-state index in [4.69, 9.17) is 14.6 Å². The number of nitrogens with one attached hydrogen (secondary N) is 1. The number of alkyl carbamates (subject to hydrolysis) is 1. The number of aliphatic carboxylic acids is 1. The number of methoxy groups -OCH3 is 1. The van der Waals surface area contributed by atoms with E-state index in [-0.39, 0.29) is 6.54 Å². The highest BCUT2D eigenvalue weighted by Crippen LogP contribution is 2.21. The lowest BCUT2D eigenvalue weighted by atomic mass is 10.1. The quantitative estimate of drug-likeness (QED) is 0.654. The van der Waals surface area contributed by atoms with E-state index in [0.29, 0.717) is 16.9 Å². The molecule has 1 amide bonds. The van der Waals surface area contributed by atoms with Crippen LogP contribution in [0.1, 0.15) is 31.9 Å². The monoisotopic (exact) mass is 331 g/mol. The van der Waals surface area contributed by atoms with Gasteiger partial charge in [0.1, 0.15) is 11.4 Å². The zero-order valence-electron chi connectivity index (χ0n) is 14.2. The van der Waals surface area contributed by atoms with E-state index in [1.807, 2.05) is 0 Å². The van der Waals surface area contributed by atoms with Crippen molar-refractivity contribution in [2.45, 2.75) is 26.4 Å². The van der Waals surface area contributed by atoms with Gasteiger partial charge in [-0.15, -0.1) is 0 Å². The maximum atomic E-state index is 11.5. The van der Waals surface area contributed by atoms with Crippen molar-refractivity contribution in [1.82, 2.24) is 5.32 Å². The number of amides is 1. The van der Waals surface area contributed by atoms with Crippen LogP contribution in [-0.2, 0) is 9.53 Å². The minimum absolute atomic E-state index is 0.140. The summed E-state index contributed by atoms with van der Waals surface area (Å²) in [5, 5.41) is 11.2. The van der Waals surface area contributed by atoms with Gasteiger partial charge in [-0.25, -0.2) is 9.59 Å². The smallest absolute Gasteiger partial charge is 0.408 e. The first-order chi connectivity index (χ1) is 11.2. The standard InChI is InChI=1S/C18H21NO5/c1-18(2,3)24-17(22)19-11-5-6-13-7-9-15(23-4)14(12-13)8-10-16(20)21/h7-10,12H,11H2,1-4H3,(H,19,22)(H,20,21)/b10-8+. The molecular formula is C18H21NO5. The van der Waals surface area contributed by atoms with Gasteiger partial charge in [0, 0.05) is 17.2 Å². The lowest BCUT2D eigenvalue weighted by molar-refractivity contribution is -0.131. The van der Waals surface area contributed by atoms with Crippen LogP contribution in [0.15, 0.2) is 24.3 Å². The summed E-state index contributed by atoms with van der Waals surface area (Å²) in [4.78, 5) is 22.1. The Kier molecular flexibility index (Phi) is 6.87. The number of hydrogen-bond donors (Lipinski definition) is 2.